The Labute approximate surface area is 186 Å². The first-order valence-electron chi connectivity index (χ1n) is 9.80. The first-order chi connectivity index (χ1) is 15.0. The summed E-state index contributed by atoms with van der Waals surface area (Å²) >= 11 is 2.51. The van der Waals surface area contributed by atoms with Crippen LogP contribution in [-0.4, -0.2) is 46.4 Å². The van der Waals surface area contributed by atoms with Gasteiger partial charge in [0.1, 0.15) is 4.70 Å². The number of nitrogens with zero attached hydrogens (tertiary/aromatic N) is 2. The number of carboxylic acids is 1. The van der Waals surface area contributed by atoms with Crippen LogP contribution < -0.4 is 16.0 Å². The van der Waals surface area contributed by atoms with E-state index in [9.17, 15) is 19.5 Å². The number of aromatic nitrogens is 2. The first-order valence-corrected chi connectivity index (χ1v) is 11.7. The Balaban J connectivity index is 1.51. The van der Waals surface area contributed by atoms with Crippen LogP contribution in [0, 0.1) is 0 Å². The van der Waals surface area contributed by atoms with Gasteiger partial charge in [0.25, 0.3) is 5.56 Å². The number of carboxylic acid groups (broad SMARTS) is 1. The molecular formula is C21H20N3O5S2-. The van der Waals surface area contributed by atoms with E-state index in [2.05, 4.69) is 10.3 Å². The third kappa shape index (κ3) is 5.15. The highest BCUT2D eigenvalue weighted by atomic mass is 32.2. The number of nitrogens with one attached hydrogen (secondary N) is 1. The molecule has 1 unspecified atom stereocenters. The van der Waals surface area contributed by atoms with E-state index in [-0.39, 0.29) is 35.4 Å². The molecule has 4 rings (SSSR count). The Morgan fingerprint density at radius 2 is 2.10 bits per heavy atom. The van der Waals surface area contributed by atoms with Gasteiger partial charge in [0.15, 0.2) is 5.16 Å². The number of thioether (sulfide) groups is 1. The number of hydrogen-bond donors (Lipinski definition) is 1. The summed E-state index contributed by atoms with van der Waals surface area (Å²) in [4.78, 5) is 40.8. The molecule has 3 heterocycles. The van der Waals surface area contributed by atoms with E-state index in [1.54, 1.807) is 23.6 Å². The average Bonchev–Trinajstić information content (AvgIpc) is 3.45. The molecule has 10 heteroatoms. The van der Waals surface area contributed by atoms with E-state index >= 15 is 0 Å². The van der Waals surface area contributed by atoms with Gasteiger partial charge in [-0.25, -0.2) is 4.98 Å². The third-order valence-electron chi connectivity index (χ3n) is 4.94. The molecule has 8 nitrogen and oxygen atoms in total. The topological polar surface area (TPSA) is 113 Å². The second-order valence-corrected chi connectivity index (χ2v) is 8.99. The largest absolute Gasteiger partial charge is 0.545 e. The van der Waals surface area contributed by atoms with Crippen molar-refractivity contribution in [2.24, 2.45) is 0 Å². The van der Waals surface area contributed by atoms with E-state index in [1.165, 1.54) is 39.8 Å². The molecule has 2 aromatic heterocycles. The standard InChI is InChI=1S/C21H21N3O5S2/c25-17(22-10-15-2-1-8-29-15)12-31-21-23-16-7-9-30-18(16)19(26)24(21)11-13-3-5-14(6-4-13)20(27)28/h3-7,9,15H,1-2,8,10-12H2,(H,22,25)(H,27,28)/p-1. The summed E-state index contributed by atoms with van der Waals surface area (Å²) < 4.78 is 7.57. The lowest BCUT2D eigenvalue weighted by Crippen LogP contribution is -2.33. The molecule has 1 fully saturated rings. The third-order valence-corrected chi connectivity index (χ3v) is 6.81. The van der Waals surface area contributed by atoms with Crippen molar-refractivity contribution in [3.63, 3.8) is 0 Å². The molecule has 162 valence electrons. The number of benzene rings is 1. The van der Waals surface area contributed by atoms with Gasteiger partial charge in [-0.2, -0.15) is 0 Å². The maximum absolute atomic E-state index is 13.0. The normalized spacial score (nSPS) is 15.9. The highest BCUT2D eigenvalue weighted by Gasteiger charge is 2.18. The fourth-order valence-corrected chi connectivity index (χ4v) is 4.92. The SMILES string of the molecule is O=C(CSc1nc2ccsc2c(=O)n1Cc1ccc(C(=O)[O-])cc1)NCC1CCCO1. The maximum atomic E-state index is 13.0. The Hall–Kier alpha value is -2.69. The molecule has 0 saturated carbocycles. The van der Waals surface area contributed by atoms with Gasteiger partial charge in [-0.05, 0) is 35.4 Å². The minimum Gasteiger partial charge on any atom is -0.545 e. The number of aromatic carboxylic acids is 1. The van der Waals surface area contributed by atoms with Gasteiger partial charge in [-0.15, -0.1) is 11.3 Å². The highest BCUT2D eigenvalue weighted by molar-refractivity contribution is 7.99. The summed E-state index contributed by atoms with van der Waals surface area (Å²) in [6.07, 6.45) is 2.02. The van der Waals surface area contributed by atoms with Gasteiger partial charge >= 0.3 is 0 Å². The summed E-state index contributed by atoms with van der Waals surface area (Å²) in [5.74, 6) is -1.28. The van der Waals surface area contributed by atoms with Crippen LogP contribution in [0.5, 0.6) is 0 Å². The van der Waals surface area contributed by atoms with Gasteiger partial charge in [-0.1, -0.05) is 36.0 Å². The van der Waals surface area contributed by atoms with Gasteiger partial charge in [0.05, 0.1) is 29.9 Å². The molecule has 1 aliphatic heterocycles. The summed E-state index contributed by atoms with van der Waals surface area (Å²) in [6.45, 7) is 1.43. The minimum absolute atomic E-state index is 0.0661. The smallest absolute Gasteiger partial charge is 0.272 e. The minimum atomic E-state index is -1.25. The summed E-state index contributed by atoms with van der Waals surface area (Å²) in [5, 5.41) is 16.1. The zero-order valence-electron chi connectivity index (χ0n) is 16.5. The van der Waals surface area contributed by atoms with E-state index in [4.69, 9.17) is 4.74 Å². The highest BCUT2D eigenvalue weighted by Crippen LogP contribution is 2.22. The van der Waals surface area contributed by atoms with Crippen molar-refractivity contribution in [2.45, 2.75) is 30.6 Å². The first kappa shape index (κ1) is 21.5. The molecule has 0 aliphatic carbocycles. The number of carbonyl (C=O) groups is 2. The fraction of sp³-hybridized carbons (Fsp3) is 0.333. The molecule has 1 saturated heterocycles. The number of amides is 1. The van der Waals surface area contributed by atoms with Crippen LogP contribution in [0.4, 0.5) is 0 Å². The van der Waals surface area contributed by atoms with Crippen molar-refractivity contribution in [3.8, 4) is 0 Å². The maximum Gasteiger partial charge on any atom is 0.272 e. The van der Waals surface area contributed by atoms with Crippen molar-refractivity contribution in [1.29, 1.82) is 0 Å². The average molecular weight is 459 g/mol. The molecule has 1 amide bonds. The number of carbonyl (C=O) groups excluding carboxylic acids is 2. The molecule has 1 atom stereocenters. The fourth-order valence-electron chi connectivity index (χ4n) is 3.32. The quantitative estimate of drug-likeness (QED) is 0.399. The van der Waals surface area contributed by atoms with Crippen molar-refractivity contribution >= 4 is 45.2 Å². The summed E-state index contributed by atoms with van der Waals surface area (Å²) in [5.41, 5.74) is 1.22. The lowest BCUT2D eigenvalue weighted by atomic mass is 10.1. The summed E-state index contributed by atoms with van der Waals surface area (Å²) in [7, 11) is 0. The number of hydrogen-bond acceptors (Lipinski definition) is 8. The van der Waals surface area contributed by atoms with E-state index < -0.39 is 5.97 Å². The Kier molecular flexibility index (Phi) is 6.69. The number of fused-ring (bicyclic) bond motifs is 1. The molecular weight excluding hydrogens is 438 g/mol. The van der Waals surface area contributed by atoms with Gasteiger partial charge < -0.3 is 20.0 Å². The summed E-state index contributed by atoms with van der Waals surface area (Å²) in [6, 6.07) is 7.94. The Bertz CT molecular complexity index is 1150. The lowest BCUT2D eigenvalue weighted by Gasteiger charge is -2.13. The molecule has 1 N–H and O–H groups in total. The van der Waals surface area contributed by atoms with Gasteiger partial charge in [0.2, 0.25) is 5.91 Å². The van der Waals surface area contributed by atoms with Crippen LogP contribution in [0.1, 0.15) is 28.8 Å². The van der Waals surface area contributed by atoms with Gasteiger partial charge in [0, 0.05) is 13.2 Å². The molecule has 0 bridgehead atoms. The number of rotatable bonds is 8. The molecule has 0 spiro atoms. The van der Waals surface area contributed by atoms with Crippen LogP contribution in [0.25, 0.3) is 10.2 Å². The monoisotopic (exact) mass is 458 g/mol. The number of ether oxygens (including phenoxy) is 1. The zero-order valence-corrected chi connectivity index (χ0v) is 18.2. The van der Waals surface area contributed by atoms with Crippen LogP contribution >= 0.6 is 23.1 Å². The molecule has 1 aromatic carbocycles. The van der Waals surface area contributed by atoms with Crippen LogP contribution in [0.3, 0.4) is 0 Å². The molecule has 31 heavy (non-hydrogen) atoms. The van der Waals surface area contributed by atoms with Crippen LogP contribution in [0.15, 0.2) is 45.7 Å². The molecule has 3 aromatic rings. The predicted molar refractivity (Wildman–Crippen MR) is 116 cm³/mol. The van der Waals surface area contributed by atoms with E-state index in [1.807, 2.05) is 0 Å². The Morgan fingerprint density at radius 3 is 2.81 bits per heavy atom. The Morgan fingerprint density at radius 1 is 1.29 bits per heavy atom. The molecule has 0 radical (unpaired) electrons. The van der Waals surface area contributed by atoms with Crippen molar-refractivity contribution < 1.29 is 19.4 Å². The molecule has 1 aliphatic rings. The predicted octanol–water partition coefficient (Wildman–Crippen LogP) is 1.26. The number of thiophene rings is 1. The van der Waals surface area contributed by atoms with Crippen molar-refractivity contribution in [1.82, 2.24) is 14.9 Å². The zero-order chi connectivity index (χ0) is 21.8. The van der Waals surface area contributed by atoms with E-state index in [0.29, 0.717) is 21.9 Å². The van der Waals surface area contributed by atoms with Gasteiger partial charge in [-0.3, -0.25) is 14.2 Å². The van der Waals surface area contributed by atoms with Crippen LogP contribution in [0.2, 0.25) is 0 Å². The second-order valence-electron chi connectivity index (χ2n) is 7.13. The van der Waals surface area contributed by atoms with E-state index in [0.717, 1.165) is 25.0 Å². The van der Waals surface area contributed by atoms with Crippen molar-refractivity contribution in [3.05, 3.63) is 57.2 Å². The lowest BCUT2D eigenvalue weighted by molar-refractivity contribution is -0.255. The second kappa shape index (κ2) is 9.63. The van der Waals surface area contributed by atoms with Crippen molar-refractivity contribution in [2.75, 3.05) is 18.9 Å². The van der Waals surface area contributed by atoms with Crippen LogP contribution in [-0.2, 0) is 16.1 Å².